The lowest BCUT2D eigenvalue weighted by molar-refractivity contribution is 0.122. The number of nitrogens with zero attached hydrogens (tertiary/aromatic N) is 1. The van der Waals surface area contributed by atoms with E-state index in [1.54, 1.807) is 11.3 Å². The van der Waals surface area contributed by atoms with Gasteiger partial charge in [-0.1, -0.05) is 31.2 Å². The molecule has 3 nitrogen and oxygen atoms in total. The standard InChI is InChI=1S/C12H14N2OS/c1-2-9-3-5-10(6-4-9)12-14-11(7-15-13)8-16-12/h3-6,8H,2,7,13H2,1H3. The summed E-state index contributed by atoms with van der Waals surface area (Å²) in [6, 6.07) is 8.47. The topological polar surface area (TPSA) is 48.1 Å². The van der Waals surface area contributed by atoms with Gasteiger partial charge < -0.3 is 0 Å². The van der Waals surface area contributed by atoms with Gasteiger partial charge in [-0.3, -0.25) is 4.84 Å². The first-order valence-electron chi connectivity index (χ1n) is 5.19. The Morgan fingerprint density at radius 3 is 2.69 bits per heavy atom. The molecule has 4 heteroatoms. The van der Waals surface area contributed by atoms with Gasteiger partial charge in [0.2, 0.25) is 0 Å². The molecule has 2 rings (SSSR count). The van der Waals surface area contributed by atoms with Crippen LogP contribution in [0.2, 0.25) is 0 Å². The fraction of sp³-hybridized carbons (Fsp3) is 0.250. The number of aryl methyl sites for hydroxylation is 1. The third kappa shape index (κ3) is 2.47. The predicted molar refractivity (Wildman–Crippen MR) is 65.9 cm³/mol. The van der Waals surface area contributed by atoms with Crippen molar-refractivity contribution in [1.82, 2.24) is 4.98 Å². The summed E-state index contributed by atoms with van der Waals surface area (Å²) in [5.74, 6) is 5.01. The molecule has 0 aliphatic rings. The van der Waals surface area contributed by atoms with Crippen molar-refractivity contribution in [3.8, 4) is 10.6 Å². The summed E-state index contributed by atoms with van der Waals surface area (Å²) < 4.78 is 0. The van der Waals surface area contributed by atoms with E-state index in [0.29, 0.717) is 6.61 Å². The molecule has 1 heterocycles. The maximum absolute atomic E-state index is 5.01. The molecule has 0 spiro atoms. The molecule has 1 aromatic carbocycles. The third-order valence-corrected chi connectivity index (χ3v) is 3.33. The van der Waals surface area contributed by atoms with Gasteiger partial charge in [0.05, 0.1) is 5.69 Å². The van der Waals surface area contributed by atoms with Crippen LogP contribution in [0.15, 0.2) is 29.6 Å². The number of thiazole rings is 1. The molecule has 0 aliphatic carbocycles. The van der Waals surface area contributed by atoms with E-state index in [4.69, 9.17) is 5.90 Å². The Kier molecular flexibility index (Phi) is 3.66. The van der Waals surface area contributed by atoms with Crippen molar-refractivity contribution in [2.24, 2.45) is 5.90 Å². The number of hydrogen-bond acceptors (Lipinski definition) is 4. The first kappa shape index (κ1) is 11.3. The van der Waals surface area contributed by atoms with Crippen LogP contribution in [0.4, 0.5) is 0 Å². The summed E-state index contributed by atoms with van der Waals surface area (Å²) in [6.45, 7) is 2.51. The van der Waals surface area contributed by atoms with Gasteiger partial charge in [0.1, 0.15) is 11.6 Å². The second-order valence-electron chi connectivity index (χ2n) is 3.51. The Hall–Kier alpha value is -1.23. The van der Waals surface area contributed by atoms with Crippen molar-refractivity contribution in [1.29, 1.82) is 0 Å². The zero-order valence-electron chi connectivity index (χ0n) is 9.14. The summed E-state index contributed by atoms with van der Waals surface area (Å²) in [4.78, 5) is 9.00. The number of aromatic nitrogens is 1. The minimum Gasteiger partial charge on any atom is -0.298 e. The van der Waals surface area contributed by atoms with Gasteiger partial charge in [0, 0.05) is 10.9 Å². The fourth-order valence-corrected chi connectivity index (χ4v) is 2.28. The highest BCUT2D eigenvalue weighted by Gasteiger charge is 2.04. The predicted octanol–water partition coefficient (Wildman–Crippen LogP) is 2.76. The van der Waals surface area contributed by atoms with E-state index in [9.17, 15) is 0 Å². The van der Waals surface area contributed by atoms with Gasteiger partial charge in [0.25, 0.3) is 0 Å². The van der Waals surface area contributed by atoms with Gasteiger partial charge in [-0.05, 0) is 12.0 Å². The fourth-order valence-electron chi connectivity index (χ4n) is 1.47. The van der Waals surface area contributed by atoms with E-state index < -0.39 is 0 Å². The summed E-state index contributed by atoms with van der Waals surface area (Å²) in [5.41, 5.74) is 3.36. The van der Waals surface area contributed by atoms with Crippen LogP contribution in [0.3, 0.4) is 0 Å². The minimum absolute atomic E-state index is 0.365. The Morgan fingerprint density at radius 1 is 1.31 bits per heavy atom. The van der Waals surface area contributed by atoms with Crippen molar-refractivity contribution in [3.05, 3.63) is 40.9 Å². The van der Waals surface area contributed by atoms with E-state index in [-0.39, 0.29) is 0 Å². The minimum atomic E-state index is 0.365. The number of hydrogen-bond donors (Lipinski definition) is 1. The summed E-state index contributed by atoms with van der Waals surface area (Å²) in [5, 5.41) is 2.98. The van der Waals surface area contributed by atoms with Gasteiger partial charge >= 0.3 is 0 Å². The lowest BCUT2D eigenvalue weighted by Gasteiger charge is -1.98. The largest absolute Gasteiger partial charge is 0.298 e. The van der Waals surface area contributed by atoms with Crippen LogP contribution in [0, 0.1) is 0 Å². The molecule has 0 amide bonds. The molecule has 0 saturated carbocycles. The monoisotopic (exact) mass is 234 g/mol. The van der Waals surface area contributed by atoms with E-state index in [2.05, 4.69) is 41.0 Å². The lowest BCUT2D eigenvalue weighted by atomic mass is 10.1. The van der Waals surface area contributed by atoms with Crippen LogP contribution in [-0.4, -0.2) is 4.98 Å². The Morgan fingerprint density at radius 2 is 2.06 bits per heavy atom. The molecule has 0 atom stereocenters. The van der Waals surface area contributed by atoms with Crippen LogP contribution in [-0.2, 0) is 17.9 Å². The second-order valence-corrected chi connectivity index (χ2v) is 4.36. The number of rotatable bonds is 4. The van der Waals surface area contributed by atoms with Crippen LogP contribution >= 0.6 is 11.3 Å². The molecule has 0 unspecified atom stereocenters. The SMILES string of the molecule is CCc1ccc(-c2nc(CON)cs2)cc1. The molecule has 1 aromatic heterocycles. The molecule has 0 bridgehead atoms. The molecular weight excluding hydrogens is 220 g/mol. The van der Waals surface area contributed by atoms with Crippen molar-refractivity contribution >= 4 is 11.3 Å². The maximum atomic E-state index is 5.01. The Balaban J connectivity index is 2.21. The highest BCUT2D eigenvalue weighted by molar-refractivity contribution is 7.13. The highest BCUT2D eigenvalue weighted by atomic mass is 32.1. The maximum Gasteiger partial charge on any atom is 0.123 e. The average molecular weight is 234 g/mol. The van der Waals surface area contributed by atoms with Crippen molar-refractivity contribution in [2.75, 3.05) is 0 Å². The van der Waals surface area contributed by atoms with E-state index in [1.165, 1.54) is 5.56 Å². The molecule has 2 N–H and O–H groups in total. The second kappa shape index (κ2) is 5.21. The first-order chi connectivity index (χ1) is 7.83. The average Bonchev–Trinajstić information content (AvgIpc) is 2.78. The van der Waals surface area contributed by atoms with Gasteiger partial charge in [0.15, 0.2) is 0 Å². The number of nitrogens with two attached hydrogens (primary N) is 1. The zero-order valence-corrected chi connectivity index (χ0v) is 9.96. The molecule has 16 heavy (non-hydrogen) atoms. The van der Waals surface area contributed by atoms with E-state index >= 15 is 0 Å². The van der Waals surface area contributed by atoms with Crippen LogP contribution in [0.25, 0.3) is 10.6 Å². The smallest absolute Gasteiger partial charge is 0.123 e. The van der Waals surface area contributed by atoms with Gasteiger partial charge in [-0.15, -0.1) is 11.3 Å². The molecule has 2 aromatic rings. The van der Waals surface area contributed by atoms with E-state index in [1.807, 2.05) is 5.38 Å². The molecular formula is C12H14N2OS. The summed E-state index contributed by atoms with van der Waals surface area (Å²) in [7, 11) is 0. The zero-order chi connectivity index (χ0) is 11.4. The Bertz CT molecular complexity index is 450. The van der Waals surface area contributed by atoms with E-state index in [0.717, 1.165) is 22.7 Å². The molecule has 84 valence electrons. The van der Waals surface area contributed by atoms with Crippen LogP contribution < -0.4 is 5.90 Å². The van der Waals surface area contributed by atoms with Crippen LogP contribution in [0.1, 0.15) is 18.2 Å². The summed E-state index contributed by atoms with van der Waals surface area (Å²) >= 11 is 1.61. The molecule has 0 aliphatic heterocycles. The van der Waals surface area contributed by atoms with Gasteiger partial charge in [-0.25, -0.2) is 10.9 Å². The van der Waals surface area contributed by atoms with Crippen molar-refractivity contribution in [2.45, 2.75) is 20.0 Å². The van der Waals surface area contributed by atoms with Crippen molar-refractivity contribution < 1.29 is 4.84 Å². The first-order valence-corrected chi connectivity index (χ1v) is 6.07. The quantitative estimate of drug-likeness (QED) is 0.827. The Labute approximate surface area is 98.9 Å². The molecule has 0 fully saturated rings. The van der Waals surface area contributed by atoms with Crippen molar-refractivity contribution in [3.63, 3.8) is 0 Å². The molecule has 0 saturated heterocycles. The third-order valence-electron chi connectivity index (χ3n) is 2.39. The lowest BCUT2D eigenvalue weighted by Crippen LogP contribution is -1.98. The summed E-state index contributed by atoms with van der Waals surface area (Å²) in [6.07, 6.45) is 1.06. The number of benzene rings is 1. The highest BCUT2D eigenvalue weighted by Crippen LogP contribution is 2.24. The molecule has 0 radical (unpaired) electrons. The normalized spacial score (nSPS) is 10.6. The van der Waals surface area contributed by atoms with Gasteiger partial charge in [-0.2, -0.15) is 0 Å². The van der Waals surface area contributed by atoms with Crippen LogP contribution in [0.5, 0.6) is 0 Å².